The summed E-state index contributed by atoms with van der Waals surface area (Å²) in [5, 5.41) is 2.35. The summed E-state index contributed by atoms with van der Waals surface area (Å²) >= 11 is 0. The first-order valence-corrected chi connectivity index (χ1v) is 4.21. The van der Waals surface area contributed by atoms with E-state index in [1.54, 1.807) is 0 Å². The van der Waals surface area contributed by atoms with E-state index in [-0.39, 0.29) is 0 Å². The maximum atomic E-state index is 3.24. The molecule has 1 aliphatic rings. The molecule has 1 heterocycles. The molecule has 2 heteroatoms. The third-order valence-corrected chi connectivity index (χ3v) is 2.45. The normalized spacial score (nSPS) is 36.3. The number of hydrazine groups is 1. The van der Waals surface area contributed by atoms with Crippen LogP contribution < -0.4 is 5.43 Å². The van der Waals surface area contributed by atoms with Gasteiger partial charge in [0.1, 0.15) is 0 Å². The zero-order valence-corrected chi connectivity index (χ0v) is 7.22. The van der Waals surface area contributed by atoms with Gasteiger partial charge in [-0.1, -0.05) is 6.42 Å². The van der Waals surface area contributed by atoms with Crippen LogP contribution in [0.3, 0.4) is 0 Å². The second-order valence-corrected chi connectivity index (χ2v) is 3.26. The Labute approximate surface area is 63.6 Å². The fourth-order valence-corrected chi connectivity index (χ4v) is 1.86. The van der Waals surface area contributed by atoms with Crippen LogP contribution in [0.5, 0.6) is 0 Å². The van der Waals surface area contributed by atoms with E-state index in [1.165, 1.54) is 19.3 Å². The van der Waals surface area contributed by atoms with Gasteiger partial charge in [-0.2, -0.15) is 0 Å². The van der Waals surface area contributed by atoms with E-state index in [1.807, 2.05) is 7.05 Å². The minimum atomic E-state index is 0.716. The molecule has 0 aliphatic carbocycles. The lowest BCUT2D eigenvalue weighted by molar-refractivity contribution is 0.0573. The summed E-state index contributed by atoms with van der Waals surface area (Å²) in [4.78, 5) is 0. The van der Waals surface area contributed by atoms with Crippen molar-refractivity contribution < 1.29 is 0 Å². The van der Waals surface area contributed by atoms with Gasteiger partial charge in [0.25, 0.3) is 0 Å². The smallest absolute Gasteiger partial charge is 0.0218 e. The lowest BCUT2D eigenvalue weighted by Crippen LogP contribution is -2.50. The first-order valence-electron chi connectivity index (χ1n) is 4.21. The van der Waals surface area contributed by atoms with Gasteiger partial charge in [-0.25, -0.2) is 5.01 Å². The highest BCUT2D eigenvalue weighted by atomic mass is 15.5. The van der Waals surface area contributed by atoms with Crippen molar-refractivity contribution >= 4 is 0 Å². The van der Waals surface area contributed by atoms with Crippen LogP contribution in [0.2, 0.25) is 0 Å². The maximum absolute atomic E-state index is 3.24. The first-order chi connectivity index (χ1) is 4.75. The Balaban J connectivity index is 2.45. The first kappa shape index (κ1) is 8.02. The molecule has 0 radical (unpaired) electrons. The number of nitrogens with zero attached hydrogens (tertiary/aromatic N) is 1. The highest BCUT2D eigenvalue weighted by Crippen LogP contribution is 2.19. The zero-order chi connectivity index (χ0) is 7.56. The van der Waals surface area contributed by atoms with Crippen molar-refractivity contribution in [3.8, 4) is 0 Å². The molecule has 1 aliphatic heterocycles. The van der Waals surface area contributed by atoms with Gasteiger partial charge in [0.2, 0.25) is 0 Å². The predicted molar refractivity (Wildman–Crippen MR) is 43.7 cm³/mol. The minimum absolute atomic E-state index is 0.716. The third-order valence-electron chi connectivity index (χ3n) is 2.45. The standard InChI is InChI=1S/C8H18N2/c1-7-5-4-6-8(2)10(7)9-3/h7-9H,4-6H2,1-3H3/t7-,8+. The molecule has 2 nitrogen and oxygen atoms in total. The largest absolute Gasteiger partial charge is 0.258 e. The second kappa shape index (κ2) is 3.35. The summed E-state index contributed by atoms with van der Waals surface area (Å²) < 4.78 is 0. The molecule has 10 heavy (non-hydrogen) atoms. The Morgan fingerprint density at radius 2 is 1.70 bits per heavy atom. The van der Waals surface area contributed by atoms with Gasteiger partial charge in [-0.15, -0.1) is 0 Å². The van der Waals surface area contributed by atoms with Crippen LogP contribution in [0.25, 0.3) is 0 Å². The molecule has 0 spiro atoms. The number of nitrogens with one attached hydrogen (secondary N) is 1. The molecule has 0 aromatic rings. The number of hydrogen-bond donors (Lipinski definition) is 1. The highest BCUT2D eigenvalue weighted by molar-refractivity contribution is 4.75. The van der Waals surface area contributed by atoms with E-state index < -0.39 is 0 Å². The van der Waals surface area contributed by atoms with Crippen LogP contribution in [0.15, 0.2) is 0 Å². The number of piperidine rings is 1. The van der Waals surface area contributed by atoms with Crippen LogP contribution in [0.1, 0.15) is 33.1 Å². The Bertz CT molecular complexity index is 93.4. The van der Waals surface area contributed by atoms with Crippen molar-refractivity contribution in [3.05, 3.63) is 0 Å². The Hall–Kier alpha value is -0.0800. The molecule has 1 rings (SSSR count). The average molecular weight is 142 g/mol. The summed E-state index contributed by atoms with van der Waals surface area (Å²) in [5.41, 5.74) is 3.24. The van der Waals surface area contributed by atoms with Crippen LogP contribution in [0, 0.1) is 0 Å². The van der Waals surface area contributed by atoms with Crippen molar-refractivity contribution in [2.75, 3.05) is 7.05 Å². The monoisotopic (exact) mass is 142 g/mol. The van der Waals surface area contributed by atoms with E-state index in [4.69, 9.17) is 0 Å². The van der Waals surface area contributed by atoms with Crippen molar-refractivity contribution in [1.29, 1.82) is 0 Å². The van der Waals surface area contributed by atoms with Crippen molar-refractivity contribution in [2.45, 2.75) is 45.2 Å². The second-order valence-electron chi connectivity index (χ2n) is 3.26. The predicted octanol–water partition coefficient (Wildman–Crippen LogP) is 1.38. The molecule has 0 unspecified atom stereocenters. The van der Waals surface area contributed by atoms with Gasteiger partial charge in [0.05, 0.1) is 0 Å². The molecule has 0 saturated carbocycles. The van der Waals surface area contributed by atoms with Gasteiger partial charge >= 0.3 is 0 Å². The highest BCUT2D eigenvalue weighted by Gasteiger charge is 2.22. The third kappa shape index (κ3) is 1.50. The van der Waals surface area contributed by atoms with Gasteiger partial charge in [0.15, 0.2) is 0 Å². The molecule has 1 saturated heterocycles. The SMILES string of the molecule is CNN1[C@H](C)CCC[C@@H]1C. The van der Waals surface area contributed by atoms with E-state index >= 15 is 0 Å². The molecule has 2 atom stereocenters. The molecular formula is C8H18N2. The summed E-state index contributed by atoms with van der Waals surface area (Å²) in [5.74, 6) is 0. The minimum Gasteiger partial charge on any atom is -0.258 e. The van der Waals surface area contributed by atoms with E-state index in [0.717, 1.165) is 0 Å². The van der Waals surface area contributed by atoms with Crippen molar-refractivity contribution in [3.63, 3.8) is 0 Å². The molecule has 0 bridgehead atoms. The Kier molecular flexibility index (Phi) is 2.69. The summed E-state index contributed by atoms with van der Waals surface area (Å²) in [6, 6.07) is 1.43. The van der Waals surface area contributed by atoms with E-state index in [9.17, 15) is 0 Å². The van der Waals surface area contributed by atoms with Crippen molar-refractivity contribution in [1.82, 2.24) is 10.4 Å². The van der Waals surface area contributed by atoms with Crippen LogP contribution in [0.4, 0.5) is 0 Å². The average Bonchev–Trinajstić information content (AvgIpc) is 1.88. The lowest BCUT2D eigenvalue weighted by Gasteiger charge is -2.37. The fourth-order valence-electron chi connectivity index (χ4n) is 1.86. The van der Waals surface area contributed by atoms with Gasteiger partial charge < -0.3 is 0 Å². The van der Waals surface area contributed by atoms with Crippen LogP contribution >= 0.6 is 0 Å². The maximum Gasteiger partial charge on any atom is 0.0218 e. The lowest BCUT2D eigenvalue weighted by atomic mass is 10.00. The number of hydrogen-bond acceptors (Lipinski definition) is 2. The fraction of sp³-hybridized carbons (Fsp3) is 1.00. The molecule has 0 amide bonds. The van der Waals surface area contributed by atoms with Gasteiger partial charge in [-0.3, -0.25) is 5.43 Å². The summed E-state index contributed by atoms with van der Waals surface area (Å²) in [6.07, 6.45) is 4.07. The summed E-state index contributed by atoms with van der Waals surface area (Å²) in [6.45, 7) is 4.57. The van der Waals surface area contributed by atoms with Gasteiger partial charge in [-0.05, 0) is 33.7 Å². The topological polar surface area (TPSA) is 15.3 Å². The molecule has 0 aromatic heterocycles. The summed E-state index contributed by atoms with van der Waals surface area (Å²) in [7, 11) is 2.01. The number of rotatable bonds is 1. The molecule has 1 fully saturated rings. The zero-order valence-electron chi connectivity index (χ0n) is 7.22. The van der Waals surface area contributed by atoms with Crippen molar-refractivity contribution in [2.24, 2.45) is 0 Å². The van der Waals surface area contributed by atoms with Crippen LogP contribution in [-0.2, 0) is 0 Å². The molecular weight excluding hydrogens is 124 g/mol. The van der Waals surface area contributed by atoms with E-state index in [2.05, 4.69) is 24.3 Å². The van der Waals surface area contributed by atoms with Gasteiger partial charge in [0, 0.05) is 12.1 Å². The Morgan fingerprint density at radius 1 is 1.20 bits per heavy atom. The molecule has 1 N–H and O–H groups in total. The molecule has 60 valence electrons. The molecule has 0 aromatic carbocycles. The quantitative estimate of drug-likeness (QED) is 0.595. The van der Waals surface area contributed by atoms with E-state index in [0.29, 0.717) is 12.1 Å². The Morgan fingerprint density at radius 3 is 2.00 bits per heavy atom. The van der Waals surface area contributed by atoms with Crippen LogP contribution in [-0.4, -0.2) is 24.1 Å².